The molecule has 1 aliphatic heterocycles. The second kappa shape index (κ2) is 4.76. The van der Waals surface area contributed by atoms with Crippen molar-refractivity contribution < 1.29 is 4.79 Å². The zero-order chi connectivity index (χ0) is 13.1. The van der Waals surface area contributed by atoms with Gasteiger partial charge in [-0.1, -0.05) is 5.11 Å². The number of hydrogen-bond acceptors (Lipinski definition) is 5. The number of aromatic nitrogens is 2. The number of aromatic amines is 1. The fourth-order valence-electron chi connectivity index (χ4n) is 1.85. The monoisotopic (exact) mass is 249 g/mol. The van der Waals surface area contributed by atoms with Gasteiger partial charge < -0.3 is 5.73 Å². The molecule has 1 amide bonds. The molecule has 1 aromatic heterocycles. The molecule has 9 heteroatoms. The maximum Gasteiger partial charge on any atom is 0.254 e. The first-order valence-electron chi connectivity index (χ1n) is 5.28. The number of anilines is 2. The maximum absolute atomic E-state index is 11.8. The van der Waals surface area contributed by atoms with Crippen molar-refractivity contribution in [1.29, 1.82) is 0 Å². The van der Waals surface area contributed by atoms with E-state index in [0.717, 1.165) is 6.07 Å². The fraction of sp³-hybridized carbons (Fsp3) is 0.444. The number of H-pyrrole nitrogens is 1. The van der Waals surface area contributed by atoms with E-state index in [2.05, 4.69) is 20.0 Å². The molecule has 0 bridgehead atoms. The van der Waals surface area contributed by atoms with Gasteiger partial charge in [-0.3, -0.25) is 19.5 Å². The van der Waals surface area contributed by atoms with Crippen molar-refractivity contribution in [2.75, 3.05) is 23.7 Å². The van der Waals surface area contributed by atoms with E-state index in [1.54, 1.807) is 0 Å². The van der Waals surface area contributed by atoms with Crippen molar-refractivity contribution in [3.63, 3.8) is 0 Å². The molecule has 3 N–H and O–H groups in total. The number of azide groups is 1. The molecule has 18 heavy (non-hydrogen) atoms. The normalized spacial score (nSPS) is 18.8. The maximum atomic E-state index is 11.8. The van der Waals surface area contributed by atoms with Crippen molar-refractivity contribution >= 4 is 17.7 Å². The predicted octanol–water partition coefficient (Wildman–Crippen LogP) is 0.0153. The zero-order valence-electron chi connectivity index (χ0n) is 9.41. The summed E-state index contributed by atoms with van der Waals surface area (Å²) in [5, 5.41) is 3.44. The van der Waals surface area contributed by atoms with Crippen molar-refractivity contribution in [1.82, 2.24) is 9.97 Å². The van der Waals surface area contributed by atoms with Crippen molar-refractivity contribution in [2.24, 2.45) is 11.0 Å². The number of nitrogens with zero attached hydrogens (tertiary/aromatic N) is 5. The summed E-state index contributed by atoms with van der Waals surface area (Å²) < 4.78 is 0. The van der Waals surface area contributed by atoms with Crippen LogP contribution in [0.2, 0.25) is 0 Å². The molecule has 1 aromatic rings. The average molecular weight is 249 g/mol. The Kier molecular flexibility index (Phi) is 3.16. The number of carbonyl (C=O) groups excluding carboxylic acids is 1. The first-order chi connectivity index (χ1) is 8.60. The van der Waals surface area contributed by atoms with Gasteiger partial charge in [0.1, 0.15) is 5.82 Å². The summed E-state index contributed by atoms with van der Waals surface area (Å²) in [6.45, 7) is 0.593. The number of amides is 1. The topological polar surface area (TPSA) is 141 Å². The van der Waals surface area contributed by atoms with Crippen LogP contribution in [0.5, 0.6) is 0 Å². The van der Waals surface area contributed by atoms with E-state index < -0.39 is 5.56 Å². The molecule has 1 saturated heterocycles. The molecule has 0 aliphatic carbocycles. The summed E-state index contributed by atoms with van der Waals surface area (Å²) in [5.74, 6) is -0.0597. The van der Waals surface area contributed by atoms with Gasteiger partial charge in [0, 0.05) is 30.5 Å². The molecule has 0 radical (unpaired) electrons. The van der Waals surface area contributed by atoms with E-state index in [4.69, 9.17) is 11.3 Å². The van der Waals surface area contributed by atoms with Crippen LogP contribution in [0.25, 0.3) is 10.4 Å². The Morgan fingerprint density at radius 2 is 2.44 bits per heavy atom. The minimum Gasteiger partial charge on any atom is -0.383 e. The average Bonchev–Trinajstić information content (AvgIpc) is 2.66. The van der Waals surface area contributed by atoms with Crippen LogP contribution in [0.4, 0.5) is 11.8 Å². The lowest BCUT2D eigenvalue weighted by Crippen LogP contribution is -2.29. The molecule has 2 rings (SSSR count). The van der Waals surface area contributed by atoms with E-state index in [1.807, 2.05) is 0 Å². The quantitative estimate of drug-likeness (QED) is 0.442. The second-order valence-corrected chi connectivity index (χ2v) is 3.98. The summed E-state index contributed by atoms with van der Waals surface area (Å²) in [4.78, 5) is 33.4. The van der Waals surface area contributed by atoms with Crippen LogP contribution in [-0.2, 0) is 4.79 Å². The minimum atomic E-state index is -0.413. The SMILES string of the molecule is [N-]=[N+]=NCC1CC(=O)N(c2nc(N)cc(=O)[nH]2)C1. The molecule has 94 valence electrons. The number of rotatable bonds is 3. The Hall–Kier alpha value is -2.54. The van der Waals surface area contributed by atoms with Gasteiger partial charge >= 0.3 is 0 Å². The molecule has 2 heterocycles. The highest BCUT2D eigenvalue weighted by atomic mass is 16.2. The number of carbonyl (C=O) groups is 1. The lowest BCUT2D eigenvalue weighted by atomic mass is 10.1. The standard InChI is InChI=1S/C9H11N7O2/c10-6-2-7(17)14-9(13-6)16-4-5(1-8(16)18)3-12-15-11/h2,5H,1,3-4H2,(H3,10,13,14,17). The number of nitrogens with one attached hydrogen (secondary N) is 1. The molecule has 9 nitrogen and oxygen atoms in total. The molecule has 0 spiro atoms. The van der Waals surface area contributed by atoms with E-state index in [1.165, 1.54) is 4.90 Å². The molecule has 1 unspecified atom stereocenters. The number of nitrogens with two attached hydrogens (primary N) is 1. The largest absolute Gasteiger partial charge is 0.383 e. The lowest BCUT2D eigenvalue weighted by Gasteiger charge is -2.14. The van der Waals surface area contributed by atoms with Gasteiger partial charge in [-0.15, -0.1) is 0 Å². The van der Waals surface area contributed by atoms with Gasteiger partial charge in [0.25, 0.3) is 5.56 Å². The molecule has 1 aliphatic rings. The minimum absolute atomic E-state index is 0.0556. The van der Waals surface area contributed by atoms with Crippen LogP contribution in [0.3, 0.4) is 0 Å². The molecule has 0 saturated carbocycles. The van der Waals surface area contributed by atoms with E-state index >= 15 is 0 Å². The third kappa shape index (κ3) is 2.41. The summed E-state index contributed by atoms with van der Waals surface area (Å²) in [5.41, 5.74) is 13.3. The lowest BCUT2D eigenvalue weighted by molar-refractivity contribution is -0.117. The van der Waals surface area contributed by atoms with Crippen molar-refractivity contribution in [3.05, 3.63) is 26.9 Å². The highest BCUT2D eigenvalue weighted by molar-refractivity contribution is 5.94. The summed E-state index contributed by atoms with van der Waals surface area (Å²) in [6.07, 6.45) is 0.261. The van der Waals surface area contributed by atoms with Gasteiger partial charge in [0.15, 0.2) is 0 Å². The Bertz CT molecular complexity index is 575. The first kappa shape index (κ1) is 11.9. The van der Waals surface area contributed by atoms with Gasteiger partial charge in [-0.25, -0.2) is 0 Å². The smallest absolute Gasteiger partial charge is 0.254 e. The van der Waals surface area contributed by atoms with Gasteiger partial charge in [-0.05, 0) is 11.4 Å². The van der Waals surface area contributed by atoms with E-state index in [-0.39, 0.29) is 36.6 Å². The van der Waals surface area contributed by atoms with Crippen LogP contribution >= 0.6 is 0 Å². The van der Waals surface area contributed by atoms with Crippen LogP contribution in [0.15, 0.2) is 16.0 Å². The van der Waals surface area contributed by atoms with Crippen LogP contribution in [0.1, 0.15) is 6.42 Å². The fourth-order valence-corrected chi connectivity index (χ4v) is 1.85. The molecule has 1 atom stereocenters. The Balaban J connectivity index is 2.21. The highest BCUT2D eigenvalue weighted by Gasteiger charge is 2.31. The van der Waals surface area contributed by atoms with Crippen LogP contribution in [0, 0.1) is 5.92 Å². The summed E-state index contributed by atoms with van der Waals surface area (Å²) >= 11 is 0. The second-order valence-electron chi connectivity index (χ2n) is 3.98. The van der Waals surface area contributed by atoms with Crippen molar-refractivity contribution in [3.8, 4) is 0 Å². The third-order valence-corrected chi connectivity index (χ3v) is 2.61. The highest BCUT2D eigenvalue weighted by Crippen LogP contribution is 2.22. The van der Waals surface area contributed by atoms with Crippen LogP contribution < -0.4 is 16.2 Å². The molecular weight excluding hydrogens is 238 g/mol. The summed E-state index contributed by atoms with van der Waals surface area (Å²) in [7, 11) is 0. The van der Waals surface area contributed by atoms with Crippen LogP contribution in [-0.4, -0.2) is 29.0 Å². The first-order valence-corrected chi connectivity index (χ1v) is 5.28. The van der Waals surface area contributed by atoms with E-state index in [9.17, 15) is 9.59 Å². The molecule has 1 fully saturated rings. The Morgan fingerprint density at radius 3 is 3.11 bits per heavy atom. The Labute approximate surface area is 101 Å². The third-order valence-electron chi connectivity index (χ3n) is 2.61. The number of hydrogen-bond donors (Lipinski definition) is 2. The van der Waals surface area contributed by atoms with Gasteiger partial charge in [0.05, 0.1) is 0 Å². The molecule has 0 aromatic carbocycles. The van der Waals surface area contributed by atoms with Crippen molar-refractivity contribution in [2.45, 2.75) is 6.42 Å². The predicted molar refractivity (Wildman–Crippen MR) is 63.7 cm³/mol. The van der Waals surface area contributed by atoms with Gasteiger partial charge in [0.2, 0.25) is 11.9 Å². The zero-order valence-corrected chi connectivity index (χ0v) is 9.41. The Morgan fingerprint density at radius 1 is 1.67 bits per heavy atom. The van der Waals surface area contributed by atoms with Gasteiger partial charge in [-0.2, -0.15) is 4.98 Å². The summed E-state index contributed by atoms with van der Waals surface area (Å²) in [6, 6.07) is 1.14. The number of nitrogen functional groups attached to an aromatic ring is 1. The molecular formula is C9H11N7O2. The van der Waals surface area contributed by atoms with E-state index in [0.29, 0.717) is 6.54 Å².